The van der Waals surface area contributed by atoms with Crippen molar-refractivity contribution in [2.24, 2.45) is 0 Å². The number of nitrogens with zero attached hydrogens (tertiary/aromatic N) is 1. The standard InChI is InChI=1S/C20H23F3N2O3/c1-3-28-18-10-5-4-7-15(18)13-25(12-14(2)26)19(27)24-17-9-6-8-16(11-17)20(21,22)23/h4-11,14,26H,3,12-13H2,1-2H3,(H,24,27)/t14-/m0/s1. The number of hydrogen-bond acceptors (Lipinski definition) is 3. The molecule has 0 bridgehead atoms. The molecule has 2 aromatic rings. The fourth-order valence-electron chi connectivity index (χ4n) is 2.65. The molecule has 28 heavy (non-hydrogen) atoms. The van der Waals surface area contributed by atoms with Crippen LogP contribution in [0, 0.1) is 0 Å². The molecule has 0 unspecified atom stereocenters. The number of aliphatic hydroxyl groups excluding tert-OH is 1. The van der Waals surface area contributed by atoms with Crippen molar-refractivity contribution in [3.8, 4) is 5.75 Å². The van der Waals surface area contributed by atoms with Crippen LogP contribution < -0.4 is 10.1 Å². The average molecular weight is 396 g/mol. The SMILES string of the molecule is CCOc1ccccc1CN(C[C@H](C)O)C(=O)Nc1cccc(C(F)(F)F)c1. The van der Waals surface area contributed by atoms with Crippen molar-refractivity contribution in [3.05, 3.63) is 59.7 Å². The molecule has 0 spiro atoms. The molecule has 2 aromatic carbocycles. The van der Waals surface area contributed by atoms with E-state index in [1.54, 1.807) is 24.3 Å². The second-order valence-corrected chi connectivity index (χ2v) is 6.28. The van der Waals surface area contributed by atoms with Crippen molar-refractivity contribution in [2.75, 3.05) is 18.5 Å². The van der Waals surface area contributed by atoms with Crippen molar-refractivity contribution in [3.63, 3.8) is 0 Å². The smallest absolute Gasteiger partial charge is 0.416 e. The van der Waals surface area contributed by atoms with Crippen molar-refractivity contribution in [1.82, 2.24) is 4.90 Å². The van der Waals surface area contributed by atoms with Gasteiger partial charge in [0.25, 0.3) is 0 Å². The molecule has 0 saturated heterocycles. The molecule has 2 rings (SSSR count). The Morgan fingerprint density at radius 1 is 1.21 bits per heavy atom. The van der Waals surface area contributed by atoms with Gasteiger partial charge in [-0.3, -0.25) is 0 Å². The molecule has 8 heteroatoms. The molecule has 5 nitrogen and oxygen atoms in total. The zero-order valence-electron chi connectivity index (χ0n) is 15.7. The summed E-state index contributed by atoms with van der Waals surface area (Å²) in [6, 6.07) is 10.9. The number of carbonyl (C=O) groups excluding carboxylic acids is 1. The van der Waals surface area contributed by atoms with Gasteiger partial charge < -0.3 is 20.1 Å². The first-order chi connectivity index (χ1) is 13.2. The highest BCUT2D eigenvalue weighted by Crippen LogP contribution is 2.30. The third kappa shape index (κ3) is 6.16. The minimum absolute atomic E-state index is 0.00521. The maximum atomic E-state index is 12.9. The van der Waals surface area contributed by atoms with Gasteiger partial charge in [-0.25, -0.2) is 4.79 Å². The van der Waals surface area contributed by atoms with Gasteiger partial charge in [-0.05, 0) is 38.1 Å². The Hall–Kier alpha value is -2.74. The van der Waals surface area contributed by atoms with Crippen LogP contribution in [0.4, 0.5) is 23.7 Å². The minimum Gasteiger partial charge on any atom is -0.494 e. The highest BCUT2D eigenvalue weighted by Gasteiger charge is 2.30. The van der Waals surface area contributed by atoms with E-state index in [4.69, 9.17) is 4.74 Å². The molecule has 0 radical (unpaired) electrons. The van der Waals surface area contributed by atoms with E-state index in [-0.39, 0.29) is 18.8 Å². The summed E-state index contributed by atoms with van der Waals surface area (Å²) in [4.78, 5) is 14.0. The van der Waals surface area contributed by atoms with Gasteiger partial charge in [0.05, 0.1) is 24.8 Å². The van der Waals surface area contributed by atoms with E-state index in [1.165, 1.54) is 24.0 Å². The Morgan fingerprint density at radius 2 is 1.93 bits per heavy atom. The molecule has 0 saturated carbocycles. The third-order valence-corrected chi connectivity index (χ3v) is 3.85. The Labute approximate surface area is 161 Å². The van der Waals surface area contributed by atoms with Crippen molar-refractivity contribution < 1.29 is 27.8 Å². The molecule has 2 amide bonds. The zero-order chi connectivity index (χ0) is 20.7. The molecule has 0 aliphatic carbocycles. The van der Waals surface area contributed by atoms with Crippen molar-refractivity contribution in [1.29, 1.82) is 0 Å². The second kappa shape index (κ2) is 9.45. The van der Waals surface area contributed by atoms with Gasteiger partial charge in [0.2, 0.25) is 0 Å². The topological polar surface area (TPSA) is 61.8 Å². The highest BCUT2D eigenvalue weighted by atomic mass is 19.4. The van der Waals surface area contributed by atoms with Crippen LogP contribution >= 0.6 is 0 Å². The number of nitrogens with one attached hydrogen (secondary N) is 1. The van der Waals surface area contributed by atoms with E-state index < -0.39 is 23.9 Å². The lowest BCUT2D eigenvalue weighted by Crippen LogP contribution is -2.39. The molecule has 0 aromatic heterocycles. The van der Waals surface area contributed by atoms with Crippen LogP contribution in [-0.2, 0) is 12.7 Å². The number of anilines is 1. The summed E-state index contributed by atoms with van der Waals surface area (Å²) in [7, 11) is 0. The highest BCUT2D eigenvalue weighted by molar-refractivity contribution is 5.89. The number of urea groups is 1. The van der Waals surface area contributed by atoms with E-state index in [0.29, 0.717) is 12.4 Å². The number of carbonyl (C=O) groups is 1. The van der Waals surface area contributed by atoms with Gasteiger partial charge in [-0.2, -0.15) is 13.2 Å². The summed E-state index contributed by atoms with van der Waals surface area (Å²) in [5, 5.41) is 12.2. The first-order valence-corrected chi connectivity index (χ1v) is 8.82. The Morgan fingerprint density at radius 3 is 2.57 bits per heavy atom. The van der Waals surface area contributed by atoms with Gasteiger partial charge in [-0.15, -0.1) is 0 Å². The second-order valence-electron chi connectivity index (χ2n) is 6.28. The lowest BCUT2D eigenvalue weighted by Gasteiger charge is -2.25. The summed E-state index contributed by atoms with van der Waals surface area (Å²) < 4.78 is 44.2. The Kier molecular flexibility index (Phi) is 7.28. The summed E-state index contributed by atoms with van der Waals surface area (Å²) in [5.74, 6) is 0.604. The number of rotatable bonds is 7. The molecule has 0 fully saturated rings. The lowest BCUT2D eigenvalue weighted by molar-refractivity contribution is -0.137. The van der Waals surface area contributed by atoms with Crippen LogP contribution in [0.3, 0.4) is 0 Å². The normalized spacial score (nSPS) is 12.4. The number of benzene rings is 2. The first kappa shape index (κ1) is 21.6. The summed E-state index contributed by atoms with van der Waals surface area (Å²) in [6.45, 7) is 3.95. The Bertz CT molecular complexity index is 794. The fourth-order valence-corrected chi connectivity index (χ4v) is 2.65. The van der Waals surface area contributed by atoms with Crippen LogP contribution in [0.5, 0.6) is 5.75 Å². The molecular formula is C20H23F3N2O3. The van der Waals surface area contributed by atoms with Gasteiger partial charge >= 0.3 is 12.2 Å². The molecule has 0 heterocycles. The molecule has 2 N–H and O–H groups in total. The minimum atomic E-state index is -4.50. The zero-order valence-corrected chi connectivity index (χ0v) is 15.7. The maximum Gasteiger partial charge on any atom is 0.416 e. The number of ether oxygens (including phenoxy) is 1. The van der Waals surface area contributed by atoms with E-state index in [9.17, 15) is 23.1 Å². The van der Waals surface area contributed by atoms with Crippen LogP contribution in [-0.4, -0.2) is 35.3 Å². The van der Waals surface area contributed by atoms with E-state index >= 15 is 0 Å². The predicted molar refractivity (Wildman–Crippen MR) is 100 cm³/mol. The van der Waals surface area contributed by atoms with Crippen molar-refractivity contribution in [2.45, 2.75) is 32.7 Å². The molecule has 0 aliphatic rings. The number of halogens is 3. The van der Waals surface area contributed by atoms with Gasteiger partial charge in [0, 0.05) is 17.8 Å². The van der Waals surface area contributed by atoms with E-state index in [1.807, 2.05) is 6.92 Å². The Balaban J connectivity index is 2.20. The summed E-state index contributed by atoms with van der Waals surface area (Å²) in [6.07, 6.45) is -5.32. The van der Waals surface area contributed by atoms with Crippen LogP contribution in [0.25, 0.3) is 0 Å². The largest absolute Gasteiger partial charge is 0.494 e. The maximum absolute atomic E-state index is 12.9. The quantitative estimate of drug-likeness (QED) is 0.723. The first-order valence-electron chi connectivity index (χ1n) is 8.82. The molecule has 1 atom stereocenters. The van der Waals surface area contributed by atoms with Gasteiger partial charge in [-0.1, -0.05) is 24.3 Å². The number of hydrogen-bond donors (Lipinski definition) is 2. The number of amides is 2. The number of aliphatic hydroxyl groups is 1. The summed E-state index contributed by atoms with van der Waals surface area (Å²) in [5.41, 5.74) is -0.105. The van der Waals surface area contributed by atoms with Crippen LogP contribution in [0.1, 0.15) is 25.0 Å². The summed E-state index contributed by atoms with van der Waals surface area (Å²) >= 11 is 0. The fraction of sp³-hybridized carbons (Fsp3) is 0.350. The number of para-hydroxylation sites is 1. The molecule has 152 valence electrons. The van der Waals surface area contributed by atoms with Crippen LogP contribution in [0.2, 0.25) is 0 Å². The van der Waals surface area contributed by atoms with E-state index in [2.05, 4.69) is 5.32 Å². The van der Waals surface area contributed by atoms with Gasteiger partial charge in [0.15, 0.2) is 0 Å². The van der Waals surface area contributed by atoms with E-state index in [0.717, 1.165) is 17.7 Å². The average Bonchev–Trinajstić information content (AvgIpc) is 2.62. The van der Waals surface area contributed by atoms with Crippen molar-refractivity contribution >= 4 is 11.7 Å². The third-order valence-electron chi connectivity index (χ3n) is 3.85. The molecule has 0 aliphatic heterocycles. The van der Waals surface area contributed by atoms with Crippen LogP contribution in [0.15, 0.2) is 48.5 Å². The molecular weight excluding hydrogens is 373 g/mol. The predicted octanol–water partition coefficient (Wildman–Crippen LogP) is 4.52. The van der Waals surface area contributed by atoms with Gasteiger partial charge in [0.1, 0.15) is 5.75 Å². The monoisotopic (exact) mass is 396 g/mol. The number of alkyl halides is 3. The lowest BCUT2D eigenvalue weighted by atomic mass is 10.1.